The third-order valence-corrected chi connectivity index (χ3v) is 15.1. The standard InChI is InChI=1S/C43H37ClF10N8O9S2/c1-40(2,72(3,68)69)10-9-22-5-6-23(24-7-8-27(44)32-34(24)61(18-41(47,48)49)59-37(32)62(73(4,70)71)39(67)57-29(17-63)38(65)66)33(55-22)28(13-19-11-20(45)14-21(46)12-19)56-30(64)16-60-36-31(35(58-60)43(52,53)54)25-15-26(25)42(36,50)51/h5-8,11-12,14,25-26,28-29,63H,13,15-18H2,1-4H3,(H,56,64)(H,57,67)(H,65,66)/t25-,26+,28?,29?/m0/s1. The minimum absolute atomic E-state index is 0.140. The predicted octanol–water partition coefficient (Wildman–Crippen LogP) is 6.21. The van der Waals surface area contributed by atoms with Gasteiger partial charge in [-0.25, -0.2) is 40.2 Å². The van der Waals surface area contributed by atoms with Gasteiger partial charge in [-0.05, 0) is 74.4 Å². The molecule has 2 aliphatic carbocycles. The number of hydrogen-bond donors (Lipinski definition) is 4. The Hall–Kier alpha value is -6.51. The van der Waals surface area contributed by atoms with Crippen LogP contribution >= 0.6 is 11.6 Å². The highest BCUT2D eigenvalue weighted by molar-refractivity contribution is 7.93. The fourth-order valence-electron chi connectivity index (χ4n) is 8.20. The van der Waals surface area contributed by atoms with Crippen molar-refractivity contribution in [2.24, 2.45) is 5.92 Å². The molecule has 1 saturated carbocycles. The Kier molecular flexibility index (Phi) is 13.9. The first kappa shape index (κ1) is 54.3. The maximum absolute atomic E-state index is 15.6. The number of carbonyl (C=O) groups is 3. The van der Waals surface area contributed by atoms with E-state index >= 15 is 8.78 Å². The van der Waals surface area contributed by atoms with Crippen LogP contribution in [0.25, 0.3) is 22.0 Å². The maximum Gasteiger partial charge on any atom is 0.435 e. The number of halogens is 11. The van der Waals surface area contributed by atoms with Gasteiger partial charge in [-0.2, -0.15) is 49.6 Å². The number of aliphatic hydroxyl groups excluding tert-OH is 1. The van der Waals surface area contributed by atoms with Crippen molar-refractivity contribution in [2.75, 3.05) is 23.4 Å². The molecule has 1 fully saturated rings. The predicted molar refractivity (Wildman–Crippen MR) is 237 cm³/mol. The summed E-state index contributed by atoms with van der Waals surface area (Å²) < 4.78 is 197. The Morgan fingerprint density at radius 3 is 2.14 bits per heavy atom. The number of carboxylic acids is 1. The quantitative estimate of drug-likeness (QED) is 0.0718. The van der Waals surface area contributed by atoms with E-state index in [0.717, 1.165) is 42.7 Å². The first-order chi connectivity index (χ1) is 33.5. The van der Waals surface area contributed by atoms with Gasteiger partial charge in [0.25, 0.3) is 5.92 Å². The zero-order valence-corrected chi connectivity index (χ0v) is 40.2. The van der Waals surface area contributed by atoms with Crippen LogP contribution in [0, 0.1) is 29.4 Å². The summed E-state index contributed by atoms with van der Waals surface area (Å²) in [7, 11) is -8.97. The van der Waals surface area contributed by atoms with Gasteiger partial charge in [-0.15, -0.1) is 0 Å². The normalized spacial score (nSPS) is 17.3. The van der Waals surface area contributed by atoms with Crippen LogP contribution in [0.15, 0.2) is 42.5 Å². The van der Waals surface area contributed by atoms with Crippen molar-refractivity contribution >= 4 is 66.1 Å². The molecule has 73 heavy (non-hydrogen) atoms. The van der Waals surface area contributed by atoms with Gasteiger partial charge < -0.3 is 20.8 Å². The molecule has 0 aliphatic heterocycles. The Balaban J connectivity index is 1.49. The number of sulfone groups is 1. The second-order valence-corrected chi connectivity index (χ2v) is 22.4. The smallest absolute Gasteiger partial charge is 0.435 e. The molecule has 2 unspecified atom stereocenters. The van der Waals surface area contributed by atoms with Crippen LogP contribution in [-0.2, 0) is 61.1 Å². The molecule has 3 aromatic heterocycles. The van der Waals surface area contributed by atoms with Gasteiger partial charge in [0.05, 0.1) is 40.5 Å². The van der Waals surface area contributed by atoms with Gasteiger partial charge in [-0.3, -0.25) is 14.2 Å². The first-order valence-electron chi connectivity index (χ1n) is 21.0. The number of rotatable bonds is 14. The molecule has 5 aromatic rings. The molecular formula is C43H37ClF10N8O9S2. The van der Waals surface area contributed by atoms with Gasteiger partial charge in [0.15, 0.2) is 27.4 Å². The molecule has 3 amide bonds. The summed E-state index contributed by atoms with van der Waals surface area (Å²) in [5.41, 5.74) is -6.45. The average Bonchev–Trinajstić information content (AvgIpc) is 3.76. The lowest BCUT2D eigenvalue weighted by atomic mass is 9.93. The highest BCUT2D eigenvalue weighted by Crippen LogP contribution is 2.68. The number of hydrogen-bond acceptors (Lipinski definition) is 11. The number of benzene rings is 2. The fraction of sp³-hybridized carbons (Fsp3) is 0.395. The molecule has 0 bridgehead atoms. The zero-order valence-electron chi connectivity index (χ0n) is 37.8. The summed E-state index contributed by atoms with van der Waals surface area (Å²) in [4.78, 5) is 43.9. The molecule has 0 radical (unpaired) electrons. The number of nitrogens with zero attached hydrogens (tertiary/aromatic N) is 6. The number of aliphatic carboxylic acids is 1. The Morgan fingerprint density at radius 1 is 0.945 bits per heavy atom. The highest BCUT2D eigenvalue weighted by Gasteiger charge is 2.68. The minimum atomic E-state index is -5.25. The lowest BCUT2D eigenvalue weighted by Crippen LogP contribution is -2.51. The molecule has 392 valence electrons. The summed E-state index contributed by atoms with van der Waals surface area (Å²) >= 11 is 6.56. The van der Waals surface area contributed by atoms with E-state index in [1.54, 1.807) is 5.32 Å². The van der Waals surface area contributed by atoms with Crippen LogP contribution in [0.1, 0.15) is 66.1 Å². The fourth-order valence-corrected chi connectivity index (χ4v) is 9.47. The number of urea groups is 1. The molecule has 30 heteroatoms. The number of carboxylic acid groups (broad SMARTS) is 1. The lowest BCUT2D eigenvalue weighted by molar-refractivity contribution is -0.143. The maximum atomic E-state index is 15.6. The van der Waals surface area contributed by atoms with Gasteiger partial charge in [0.1, 0.15) is 40.9 Å². The van der Waals surface area contributed by atoms with Gasteiger partial charge in [0, 0.05) is 34.9 Å². The van der Waals surface area contributed by atoms with Crippen molar-refractivity contribution in [1.29, 1.82) is 0 Å². The first-order valence-corrected chi connectivity index (χ1v) is 25.1. The summed E-state index contributed by atoms with van der Waals surface area (Å²) in [5.74, 6) is -8.37. The van der Waals surface area contributed by atoms with E-state index in [4.69, 9.17) is 11.6 Å². The summed E-state index contributed by atoms with van der Waals surface area (Å²) in [6.45, 7) is -2.31. The zero-order chi connectivity index (χ0) is 54.3. The summed E-state index contributed by atoms with van der Waals surface area (Å²) in [6.07, 6.45) is -10.3. The van der Waals surface area contributed by atoms with E-state index < -0.39 is 172 Å². The number of nitrogens with one attached hydrogen (secondary N) is 2. The molecule has 2 aromatic carbocycles. The second-order valence-electron chi connectivity index (χ2n) is 17.6. The van der Waals surface area contributed by atoms with Crippen LogP contribution in [-0.4, -0.2) is 106 Å². The van der Waals surface area contributed by atoms with E-state index in [0.29, 0.717) is 12.3 Å². The third kappa shape index (κ3) is 10.9. The Labute approximate surface area is 411 Å². The second kappa shape index (κ2) is 18.8. The van der Waals surface area contributed by atoms with E-state index in [9.17, 15) is 76.6 Å². The van der Waals surface area contributed by atoms with E-state index in [1.165, 1.54) is 13.8 Å². The number of anilines is 1. The van der Waals surface area contributed by atoms with Gasteiger partial charge in [0.2, 0.25) is 15.9 Å². The Morgan fingerprint density at radius 2 is 1.58 bits per heavy atom. The van der Waals surface area contributed by atoms with Crippen molar-refractivity contribution in [1.82, 2.24) is 35.2 Å². The SMILES string of the molecule is CC(C)(C#Cc1ccc(-c2ccc(Cl)c3c(N(C(=O)NC(CO)C(=O)O)S(C)(=O)=O)nn(CC(F)(F)F)c23)c(C(Cc2cc(F)cc(F)c2)NC(=O)Cn2nc(C(F)(F)F)c3c2C(F)(F)[C@@H]2C[C@H]32)n1)S(C)(=O)=O. The molecular weight excluding hydrogens is 1060 g/mol. The topological polar surface area (TPSA) is 236 Å². The van der Waals surface area contributed by atoms with Crippen LogP contribution in [0.4, 0.5) is 54.5 Å². The van der Waals surface area contributed by atoms with E-state index in [2.05, 4.69) is 32.3 Å². The van der Waals surface area contributed by atoms with Crippen molar-refractivity contribution in [3.8, 4) is 23.0 Å². The number of amides is 3. The molecule has 3 heterocycles. The molecule has 0 spiro atoms. The number of aromatic nitrogens is 5. The minimum Gasteiger partial charge on any atom is -0.480 e. The van der Waals surface area contributed by atoms with Gasteiger partial charge >= 0.3 is 24.4 Å². The lowest BCUT2D eigenvalue weighted by Gasteiger charge is -2.23. The van der Waals surface area contributed by atoms with Crippen molar-refractivity contribution in [3.63, 3.8) is 0 Å². The third-order valence-electron chi connectivity index (χ3n) is 11.8. The van der Waals surface area contributed by atoms with Crippen molar-refractivity contribution in [3.05, 3.63) is 93.0 Å². The monoisotopic (exact) mass is 1100 g/mol. The van der Waals surface area contributed by atoms with E-state index in [1.807, 2.05) is 0 Å². The van der Waals surface area contributed by atoms with Crippen LogP contribution < -0.4 is 14.9 Å². The molecule has 4 atom stereocenters. The highest BCUT2D eigenvalue weighted by atomic mass is 35.5. The number of carbonyl (C=O) groups excluding carboxylic acids is 2. The number of pyridine rings is 1. The average molecular weight is 1100 g/mol. The number of aliphatic hydroxyl groups is 1. The number of alkyl halides is 8. The summed E-state index contributed by atoms with van der Waals surface area (Å²) in [6, 6.07) is 0.279. The van der Waals surface area contributed by atoms with Crippen LogP contribution in [0.2, 0.25) is 5.02 Å². The van der Waals surface area contributed by atoms with Crippen molar-refractivity contribution < 1.29 is 85.3 Å². The van der Waals surface area contributed by atoms with Crippen LogP contribution in [0.5, 0.6) is 0 Å². The molecule has 0 saturated heterocycles. The largest absolute Gasteiger partial charge is 0.480 e. The van der Waals surface area contributed by atoms with Crippen molar-refractivity contribution in [2.45, 2.75) is 80.8 Å². The molecule has 7 rings (SSSR count). The molecule has 2 aliphatic rings. The van der Waals surface area contributed by atoms with Crippen LogP contribution in [0.3, 0.4) is 0 Å². The number of sulfonamides is 1. The summed E-state index contributed by atoms with van der Waals surface area (Å²) in [5, 5.41) is 28.9. The van der Waals surface area contributed by atoms with E-state index in [-0.39, 0.29) is 36.9 Å². The molecule has 17 nitrogen and oxygen atoms in total. The molecule has 4 N–H and O–H groups in total. The number of fused-ring (bicyclic) bond motifs is 4. The van der Waals surface area contributed by atoms with Gasteiger partial charge in [-0.1, -0.05) is 23.6 Å². The Bertz CT molecular complexity index is 3390.